The molecule has 164 valence electrons. The van der Waals surface area contributed by atoms with E-state index in [0.717, 1.165) is 17.5 Å². The smallest absolute Gasteiger partial charge is 0.233 e. The molecule has 1 aromatic heterocycles. The molecule has 8 heteroatoms. The molecule has 1 amide bonds. The van der Waals surface area contributed by atoms with E-state index < -0.39 is 0 Å². The number of rotatable bonds is 10. The summed E-state index contributed by atoms with van der Waals surface area (Å²) in [5.41, 5.74) is 1.88. The third kappa shape index (κ3) is 6.09. The van der Waals surface area contributed by atoms with Gasteiger partial charge in [0.05, 0.1) is 16.3 Å². The number of hydrogen-bond donors (Lipinski definition) is 1. The van der Waals surface area contributed by atoms with Crippen LogP contribution in [0.2, 0.25) is 5.02 Å². The van der Waals surface area contributed by atoms with Crippen LogP contribution in [0.4, 0.5) is 0 Å². The fraction of sp³-hybridized carbons (Fsp3) is 0.348. The second kappa shape index (κ2) is 11.3. The highest BCUT2D eigenvalue weighted by Crippen LogP contribution is 2.31. The van der Waals surface area contributed by atoms with E-state index in [2.05, 4.69) is 15.5 Å². The van der Waals surface area contributed by atoms with Crippen molar-refractivity contribution in [3.63, 3.8) is 0 Å². The molecule has 0 bridgehead atoms. The molecule has 31 heavy (non-hydrogen) atoms. The summed E-state index contributed by atoms with van der Waals surface area (Å²) in [7, 11) is 1.68. The monoisotopic (exact) mass is 458 g/mol. The lowest BCUT2D eigenvalue weighted by atomic mass is 10.1. The van der Waals surface area contributed by atoms with Gasteiger partial charge in [-0.2, -0.15) is 0 Å². The van der Waals surface area contributed by atoms with Gasteiger partial charge in [0.25, 0.3) is 0 Å². The minimum atomic E-state index is -0.337. The third-order valence-electron chi connectivity index (χ3n) is 4.87. The summed E-state index contributed by atoms with van der Waals surface area (Å²) in [5, 5.41) is 12.8. The van der Waals surface area contributed by atoms with Gasteiger partial charge in [-0.1, -0.05) is 65.8 Å². The summed E-state index contributed by atoms with van der Waals surface area (Å²) in [6.45, 7) is 5.14. The molecule has 0 aliphatic carbocycles. The molecular weight excluding hydrogens is 432 g/mol. The van der Waals surface area contributed by atoms with Gasteiger partial charge in [-0.3, -0.25) is 4.79 Å². The molecule has 0 aliphatic rings. The van der Waals surface area contributed by atoms with E-state index in [1.807, 2.05) is 73.0 Å². The van der Waals surface area contributed by atoms with E-state index in [1.54, 1.807) is 7.11 Å². The topological polar surface area (TPSA) is 69.0 Å². The van der Waals surface area contributed by atoms with Gasteiger partial charge in [0.15, 0.2) is 11.0 Å². The number of thioether (sulfide) groups is 1. The Morgan fingerprint density at radius 1 is 1.13 bits per heavy atom. The van der Waals surface area contributed by atoms with Gasteiger partial charge in [-0.05, 0) is 38.0 Å². The van der Waals surface area contributed by atoms with Crippen LogP contribution in [0, 0.1) is 0 Å². The van der Waals surface area contributed by atoms with Crippen LogP contribution in [0.25, 0.3) is 11.4 Å². The average molecular weight is 459 g/mol. The van der Waals surface area contributed by atoms with Gasteiger partial charge < -0.3 is 14.6 Å². The Bertz CT molecular complexity index is 996. The number of ether oxygens (including phenoxy) is 1. The van der Waals surface area contributed by atoms with Crippen molar-refractivity contribution in [1.29, 1.82) is 0 Å². The zero-order valence-electron chi connectivity index (χ0n) is 17.9. The molecule has 0 aliphatic heterocycles. The highest BCUT2D eigenvalue weighted by atomic mass is 35.5. The van der Waals surface area contributed by atoms with Gasteiger partial charge in [0, 0.05) is 25.8 Å². The summed E-state index contributed by atoms with van der Waals surface area (Å²) >= 11 is 7.78. The molecule has 2 atom stereocenters. The van der Waals surface area contributed by atoms with Gasteiger partial charge >= 0.3 is 0 Å². The van der Waals surface area contributed by atoms with E-state index in [9.17, 15) is 4.79 Å². The molecule has 0 saturated carbocycles. The molecule has 1 N–H and O–H groups in total. The minimum absolute atomic E-state index is 0.0490. The predicted molar refractivity (Wildman–Crippen MR) is 125 cm³/mol. The molecule has 0 spiro atoms. The number of nitrogens with one attached hydrogen (secondary N) is 1. The molecule has 1 heterocycles. The molecule has 0 fully saturated rings. The molecular formula is C23H27ClN4O2S. The van der Waals surface area contributed by atoms with Crippen molar-refractivity contribution in [2.24, 2.45) is 0 Å². The molecule has 2 aromatic carbocycles. The summed E-state index contributed by atoms with van der Waals surface area (Å²) in [5.74, 6) is 0.640. The number of hydrogen-bond acceptors (Lipinski definition) is 5. The molecule has 3 rings (SSSR count). The number of halogens is 1. The quantitative estimate of drug-likeness (QED) is 0.342. The number of aromatic nitrogens is 3. The number of carbonyl (C=O) groups excluding carboxylic acids is 1. The first-order chi connectivity index (χ1) is 15.0. The Morgan fingerprint density at radius 2 is 1.84 bits per heavy atom. The first kappa shape index (κ1) is 23.3. The van der Waals surface area contributed by atoms with Crippen LogP contribution in [0.5, 0.6) is 0 Å². The number of carbonyl (C=O) groups is 1. The van der Waals surface area contributed by atoms with E-state index in [-0.39, 0.29) is 17.2 Å². The summed E-state index contributed by atoms with van der Waals surface area (Å²) < 4.78 is 7.21. The maximum Gasteiger partial charge on any atom is 0.233 e. The maximum atomic E-state index is 12.8. The van der Waals surface area contributed by atoms with Crippen molar-refractivity contribution in [2.75, 3.05) is 13.7 Å². The van der Waals surface area contributed by atoms with Crippen molar-refractivity contribution in [3.8, 4) is 11.4 Å². The van der Waals surface area contributed by atoms with Crippen molar-refractivity contribution in [3.05, 3.63) is 65.2 Å². The van der Waals surface area contributed by atoms with E-state index in [4.69, 9.17) is 16.3 Å². The Kier molecular flexibility index (Phi) is 8.51. The largest absolute Gasteiger partial charge is 0.385 e. The third-order valence-corrected chi connectivity index (χ3v) is 6.28. The summed E-state index contributed by atoms with van der Waals surface area (Å²) in [4.78, 5) is 12.8. The van der Waals surface area contributed by atoms with E-state index in [1.165, 1.54) is 11.8 Å². The van der Waals surface area contributed by atoms with Crippen LogP contribution in [-0.4, -0.2) is 39.6 Å². The Hall–Kier alpha value is -2.35. The average Bonchev–Trinajstić information content (AvgIpc) is 3.16. The SMILES string of the molecule is COCCCn1c(SC(C)C(=O)NC(C)c2ccccc2)nnc1-c1ccccc1Cl. The van der Waals surface area contributed by atoms with Gasteiger partial charge in [-0.25, -0.2) is 0 Å². The Balaban J connectivity index is 1.76. The van der Waals surface area contributed by atoms with Gasteiger partial charge in [0.1, 0.15) is 0 Å². The zero-order valence-corrected chi connectivity index (χ0v) is 19.5. The van der Waals surface area contributed by atoms with Crippen LogP contribution < -0.4 is 5.32 Å². The van der Waals surface area contributed by atoms with Crippen molar-refractivity contribution in [1.82, 2.24) is 20.1 Å². The first-order valence-corrected chi connectivity index (χ1v) is 11.5. The Labute approximate surface area is 192 Å². The molecule has 3 aromatic rings. The van der Waals surface area contributed by atoms with Crippen LogP contribution >= 0.6 is 23.4 Å². The molecule has 6 nitrogen and oxygen atoms in total. The van der Waals surface area contributed by atoms with Crippen LogP contribution in [0.15, 0.2) is 59.8 Å². The lowest BCUT2D eigenvalue weighted by molar-refractivity contribution is -0.120. The number of methoxy groups -OCH3 is 1. The van der Waals surface area contributed by atoms with E-state index in [0.29, 0.717) is 29.2 Å². The fourth-order valence-electron chi connectivity index (χ4n) is 3.15. The lowest BCUT2D eigenvalue weighted by Crippen LogP contribution is -2.33. The van der Waals surface area contributed by atoms with Crippen molar-refractivity contribution in [2.45, 2.75) is 43.3 Å². The fourth-order valence-corrected chi connectivity index (χ4v) is 4.26. The number of benzene rings is 2. The molecule has 0 saturated heterocycles. The van der Waals surface area contributed by atoms with Crippen molar-refractivity contribution >= 4 is 29.3 Å². The van der Waals surface area contributed by atoms with Crippen LogP contribution in [0.1, 0.15) is 31.9 Å². The second-order valence-electron chi connectivity index (χ2n) is 7.19. The first-order valence-electron chi connectivity index (χ1n) is 10.2. The van der Waals surface area contributed by atoms with Gasteiger partial charge in [0.2, 0.25) is 5.91 Å². The molecule has 0 radical (unpaired) electrons. The predicted octanol–water partition coefficient (Wildman–Crippen LogP) is 4.99. The second-order valence-corrected chi connectivity index (χ2v) is 8.90. The maximum absolute atomic E-state index is 12.8. The van der Waals surface area contributed by atoms with Gasteiger partial charge in [-0.15, -0.1) is 10.2 Å². The summed E-state index contributed by atoms with van der Waals surface area (Å²) in [6.07, 6.45) is 0.797. The van der Waals surface area contributed by atoms with Crippen LogP contribution in [-0.2, 0) is 16.1 Å². The minimum Gasteiger partial charge on any atom is -0.385 e. The molecule has 2 unspecified atom stereocenters. The Morgan fingerprint density at radius 3 is 2.55 bits per heavy atom. The normalized spacial score (nSPS) is 13.0. The number of amides is 1. The summed E-state index contributed by atoms with van der Waals surface area (Å²) in [6, 6.07) is 17.4. The van der Waals surface area contributed by atoms with E-state index >= 15 is 0 Å². The number of nitrogens with zero attached hydrogens (tertiary/aromatic N) is 3. The highest BCUT2D eigenvalue weighted by molar-refractivity contribution is 8.00. The van der Waals surface area contributed by atoms with Crippen molar-refractivity contribution < 1.29 is 9.53 Å². The van der Waals surface area contributed by atoms with Crippen LogP contribution in [0.3, 0.4) is 0 Å². The highest BCUT2D eigenvalue weighted by Gasteiger charge is 2.22. The zero-order chi connectivity index (χ0) is 22.2. The lowest BCUT2D eigenvalue weighted by Gasteiger charge is -2.18. The standard InChI is InChI=1S/C23H27ClN4O2S/c1-16(18-10-5-4-6-11-18)25-22(29)17(2)31-23-27-26-21(28(23)14-9-15-30-3)19-12-7-8-13-20(19)24/h4-8,10-13,16-17H,9,14-15H2,1-3H3,(H,25,29).